The van der Waals surface area contributed by atoms with E-state index in [1.807, 2.05) is 24.3 Å². The molecule has 3 heteroatoms. The van der Waals surface area contributed by atoms with Gasteiger partial charge in [-0.2, -0.15) is 0 Å². The molecule has 0 unspecified atom stereocenters. The SMILES string of the molecule is Cc1ccc(Nc2ccc(C(C)(c3ccc(O)cc3)c3ccc(O)cc3)cc2)c(-c2ccc3ccc4cccc5ccc2c3c45)c1. The second-order valence-corrected chi connectivity index (χ2v) is 12.4. The van der Waals surface area contributed by atoms with Crippen LogP contribution in [0.15, 0.2) is 146 Å². The molecule has 0 radical (unpaired) electrons. The van der Waals surface area contributed by atoms with Crippen LogP contribution in [0.4, 0.5) is 11.4 Å². The van der Waals surface area contributed by atoms with Gasteiger partial charge >= 0.3 is 0 Å². The highest BCUT2D eigenvalue weighted by Crippen LogP contribution is 2.43. The number of benzene rings is 8. The lowest BCUT2D eigenvalue weighted by molar-refractivity contribution is 0.474. The molecule has 46 heavy (non-hydrogen) atoms. The van der Waals surface area contributed by atoms with E-state index in [1.165, 1.54) is 49.0 Å². The van der Waals surface area contributed by atoms with Gasteiger partial charge in [0, 0.05) is 22.4 Å². The van der Waals surface area contributed by atoms with E-state index in [2.05, 4.69) is 116 Å². The van der Waals surface area contributed by atoms with Crippen LogP contribution in [0.1, 0.15) is 29.2 Å². The van der Waals surface area contributed by atoms with Crippen LogP contribution in [-0.4, -0.2) is 10.2 Å². The molecule has 0 heterocycles. The van der Waals surface area contributed by atoms with Gasteiger partial charge in [0.15, 0.2) is 0 Å². The van der Waals surface area contributed by atoms with E-state index in [1.54, 1.807) is 24.3 Å². The van der Waals surface area contributed by atoms with Crippen molar-refractivity contribution < 1.29 is 10.2 Å². The Balaban J connectivity index is 1.20. The predicted molar refractivity (Wildman–Crippen MR) is 192 cm³/mol. The van der Waals surface area contributed by atoms with E-state index in [4.69, 9.17) is 0 Å². The lowest BCUT2D eigenvalue weighted by Gasteiger charge is -2.32. The van der Waals surface area contributed by atoms with Gasteiger partial charge in [-0.25, -0.2) is 0 Å². The van der Waals surface area contributed by atoms with Crippen LogP contribution in [0, 0.1) is 6.92 Å². The zero-order chi connectivity index (χ0) is 31.4. The Morgan fingerprint density at radius 1 is 0.500 bits per heavy atom. The van der Waals surface area contributed by atoms with Gasteiger partial charge in [0.25, 0.3) is 0 Å². The fourth-order valence-corrected chi connectivity index (χ4v) is 7.09. The van der Waals surface area contributed by atoms with Crippen molar-refractivity contribution in [1.82, 2.24) is 0 Å². The summed E-state index contributed by atoms with van der Waals surface area (Å²) >= 11 is 0. The monoisotopic (exact) mass is 595 g/mol. The topological polar surface area (TPSA) is 52.5 Å². The minimum Gasteiger partial charge on any atom is -0.508 e. The maximum Gasteiger partial charge on any atom is 0.115 e. The van der Waals surface area contributed by atoms with E-state index in [9.17, 15) is 10.2 Å². The molecule has 3 nitrogen and oxygen atoms in total. The number of rotatable bonds is 6. The van der Waals surface area contributed by atoms with Gasteiger partial charge in [-0.15, -0.1) is 0 Å². The van der Waals surface area contributed by atoms with Crippen molar-refractivity contribution in [3.8, 4) is 22.6 Å². The summed E-state index contributed by atoms with van der Waals surface area (Å²) in [4.78, 5) is 0. The number of phenolic OH excluding ortho intramolecular Hbond substituents is 2. The number of phenols is 2. The largest absolute Gasteiger partial charge is 0.508 e. The molecule has 0 saturated heterocycles. The lowest BCUT2D eigenvalue weighted by Crippen LogP contribution is -2.25. The molecule has 0 aromatic heterocycles. The molecule has 0 aliphatic heterocycles. The molecule has 8 aromatic carbocycles. The molecule has 0 amide bonds. The Hall–Kier alpha value is -5.80. The van der Waals surface area contributed by atoms with E-state index in [0.717, 1.165) is 28.1 Å². The molecular formula is C43H33NO2. The summed E-state index contributed by atoms with van der Waals surface area (Å²) in [5, 5.41) is 31.4. The van der Waals surface area contributed by atoms with Crippen molar-refractivity contribution in [1.29, 1.82) is 0 Å². The highest BCUT2D eigenvalue weighted by atomic mass is 16.3. The molecular weight excluding hydrogens is 562 g/mol. The summed E-state index contributed by atoms with van der Waals surface area (Å²) < 4.78 is 0. The standard InChI is InChI=1S/C43H33NO2/c1-27-6-25-40(39(26-27)37-23-9-30-8-7-28-4-3-5-29-10-24-38(37)42(30)41(28)29)44-34-17-11-31(12-18-34)43(2,32-13-19-35(45)20-14-32)33-15-21-36(46)22-16-33/h3-26,44-46H,1-2H3. The first-order valence-corrected chi connectivity index (χ1v) is 15.6. The Labute approximate surface area is 268 Å². The molecule has 0 aliphatic rings. The second kappa shape index (κ2) is 10.7. The second-order valence-electron chi connectivity index (χ2n) is 12.4. The minimum atomic E-state index is -0.503. The van der Waals surface area contributed by atoms with Crippen molar-refractivity contribution in [2.24, 2.45) is 0 Å². The zero-order valence-electron chi connectivity index (χ0n) is 25.8. The minimum absolute atomic E-state index is 0.231. The molecule has 0 fully saturated rings. The Morgan fingerprint density at radius 3 is 1.63 bits per heavy atom. The van der Waals surface area contributed by atoms with Gasteiger partial charge in [0.05, 0.1) is 0 Å². The quantitative estimate of drug-likeness (QED) is 0.132. The highest BCUT2D eigenvalue weighted by Gasteiger charge is 2.31. The van der Waals surface area contributed by atoms with Crippen molar-refractivity contribution >= 4 is 43.7 Å². The van der Waals surface area contributed by atoms with Crippen molar-refractivity contribution in [2.45, 2.75) is 19.3 Å². The number of hydrogen-bond donors (Lipinski definition) is 3. The van der Waals surface area contributed by atoms with Gasteiger partial charge in [0.2, 0.25) is 0 Å². The van der Waals surface area contributed by atoms with Crippen molar-refractivity contribution in [3.63, 3.8) is 0 Å². The van der Waals surface area contributed by atoms with Gasteiger partial charge in [0.1, 0.15) is 11.5 Å². The number of aromatic hydroxyl groups is 2. The summed E-state index contributed by atoms with van der Waals surface area (Å²) in [5.74, 6) is 0.463. The smallest absolute Gasteiger partial charge is 0.115 e. The number of hydrogen-bond acceptors (Lipinski definition) is 3. The van der Waals surface area contributed by atoms with E-state index in [0.29, 0.717) is 0 Å². The predicted octanol–water partition coefficient (Wildman–Crippen LogP) is 11.1. The van der Waals surface area contributed by atoms with Gasteiger partial charge < -0.3 is 15.5 Å². The maximum absolute atomic E-state index is 9.99. The molecule has 0 atom stereocenters. The van der Waals surface area contributed by atoms with E-state index in [-0.39, 0.29) is 11.5 Å². The molecule has 0 bridgehead atoms. The Morgan fingerprint density at radius 2 is 1.02 bits per heavy atom. The molecule has 3 N–H and O–H groups in total. The van der Waals surface area contributed by atoms with Gasteiger partial charge in [-0.1, -0.05) is 103 Å². The molecule has 0 saturated carbocycles. The summed E-state index contributed by atoms with van der Waals surface area (Å²) in [6.45, 7) is 4.33. The third-order valence-electron chi connectivity index (χ3n) is 9.62. The number of nitrogens with one attached hydrogen (secondary N) is 1. The van der Waals surface area contributed by atoms with E-state index >= 15 is 0 Å². The van der Waals surface area contributed by atoms with Crippen molar-refractivity contribution in [2.75, 3.05) is 5.32 Å². The van der Waals surface area contributed by atoms with Crippen LogP contribution >= 0.6 is 0 Å². The molecule has 0 spiro atoms. The summed E-state index contributed by atoms with van der Waals surface area (Å²) in [7, 11) is 0. The van der Waals surface area contributed by atoms with Crippen LogP contribution < -0.4 is 5.32 Å². The maximum atomic E-state index is 9.99. The molecule has 222 valence electrons. The third kappa shape index (κ3) is 4.52. The van der Waals surface area contributed by atoms with Crippen LogP contribution in [0.2, 0.25) is 0 Å². The average Bonchev–Trinajstić information content (AvgIpc) is 3.08. The molecule has 8 aromatic rings. The first-order valence-electron chi connectivity index (χ1n) is 15.6. The fourth-order valence-electron chi connectivity index (χ4n) is 7.09. The summed E-state index contributed by atoms with van der Waals surface area (Å²) in [6.07, 6.45) is 0. The fraction of sp³-hybridized carbons (Fsp3) is 0.0698. The van der Waals surface area contributed by atoms with Crippen LogP contribution in [-0.2, 0) is 5.41 Å². The lowest BCUT2D eigenvalue weighted by atomic mass is 9.71. The van der Waals surface area contributed by atoms with Crippen molar-refractivity contribution in [3.05, 3.63) is 168 Å². The summed E-state index contributed by atoms with van der Waals surface area (Å²) in [5.41, 5.74) is 8.32. The number of aryl methyl sites for hydroxylation is 1. The number of anilines is 2. The Bertz CT molecular complexity index is 2290. The molecule has 8 rings (SSSR count). The van der Waals surface area contributed by atoms with Crippen LogP contribution in [0.3, 0.4) is 0 Å². The van der Waals surface area contributed by atoms with Gasteiger partial charge in [-0.3, -0.25) is 0 Å². The van der Waals surface area contributed by atoms with E-state index < -0.39 is 5.41 Å². The average molecular weight is 596 g/mol. The molecule has 0 aliphatic carbocycles. The first kappa shape index (κ1) is 27.7. The highest BCUT2D eigenvalue weighted by molar-refractivity contribution is 6.25. The Kier molecular flexibility index (Phi) is 6.43. The first-order chi connectivity index (χ1) is 22.4. The van der Waals surface area contributed by atoms with Crippen LogP contribution in [0.5, 0.6) is 11.5 Å². The van der Waals surface area contributed by atoms with Gasteiger partial charge in [-0.05, 0) is 117 Å². The van der Waals surface area contributed by atoms with Crippen LogP contribution in [0.25, 0.3) is 43.4 Å². The third-order valence-corrected chi connectivity index (χ3v) is 9.62. The normalized spacial score (nSPS) is 11.9. The zero-order valence-corrected chi connectivity index (χ0v) is 25.8. The summed E-state index contributed by atoms with van der Waals surface area (Å²) in [6, 6.07) is 49.9.